The van der Waals surface area contributed by atoms with E-state index in [1.807, 2.05) is 0 Å². The zero-order valence-electron chi connectivity index (χ0n) is 7.25. The summed E-state index contributed by atoms with van der Waals surface area (Å²) in [6.07, 6.45) is -3.35. The first-order valence-corrected chi connectivity index (χ1v) is 4.59. The number of carboxylic acid groups (broad SMARTS) is 1. The second-order valence-electron chi connectivity index (χ2n) is 2.71. The van der Waals surface area contributed by atoms with E-state index in [2.05, 4.69) is 20.9 Å². The van der Waals surface area contributed by atoms with E-state index in [1.54, 1.807) is 0 Å². The Hall–Kier alpha value is -1.24. The summed E-state index contributed by atoms with van der Waals surface area (Å²) in [5, 5.41) is 17.6. The predicted molar refractivity (Wildman–Crippen MR) is 49.9 cm³/mol. The van der Waals surface area contributed by atoms with Gasteiger partial charge in [0, 0.05) is 0 Å². The summed E-state index contributed by atoms with van der Waals surface area (Å²) in [7, 11) is 0. The van der Waals surface area contributed by atoms with Crippen LogP contribution in [0.1, 0.15) is 17.7 Å². The van der Waals surface area contributed by atoms with Crippen molar-refractivity contribution in [1.29, 1.82) is 0 Å². The van der Waals surface area contributed by atoms with E-state index in [-0.39, 0.29) is 10.3 Å². The molecule has 0 aliphatic carbocycles. The maximum Gasteiger partial charge on any atom is 0.309 e. The third kappa shape index (κ3) is 2.85. The molecule has 1 aromatic rings. The van der Waals surface area contributed by atoms with Gasteiger partial charge in [-0.2, -0.15) is 0 Å². The fourth-order valence-corrected chi connectivity index (χ4v) is 1.45. The van der Waals surface area contributed by atoms with Crippen LogP contribution in [0.25, 0.3) is 0 Å². The lowest BCUT2D eigenvalue weighted by atomic mass is 10.2. The van der Waals surface area contributed by atoms with Crippen LogP contribution in [-0.4, -0.2) is 21.2 Å². The minimum Gasteiger partial charge on any atom is -0.505 e. The Labute approximate surface area is 91.7 Å². The Bertz CT molecular complexity index is 398. The number of halogens is 3. The van der Waals surface area contributed by atoms with Crippen LogP contribution in [0.15, 0.2) is 10.7 Å². The van der Waals surface area contributed by atoms with Crippen molar-refractivity contribution in [2.75, 3.05) is 0 Å². The van der Waals surface area contributed by atoms with Crippen LogP contribution in [0.2, 0.25) is 0 Å². The smallest absolute Gasteiger partial charge is 0.309 e. The Kier molecular flexibility index (Phi) is 3.57. The average molecular weight is 282 g/mol. The van der Waals surface area contributed by atoms with Gasteiger partial charge in [0.2, 0.25) is 0 Å². The highest BCUT2D eigenvalue weighted by atomic mass is 79.9. The van der Waals surface area contributed by atoms with Crippen molar-refractivity contribution in [2.45, 2.75) is 12.8 Å². The number of aromatic hydroxyl groups is 1. The van der Waals surface area contributed by atoms with Crippen LogP contribution < -0.4 is 0 Å². The van der Waals surface area contributed by atoms with Gasteiger partial charge in [-0.25, -0.2) is 13.8 Å². The van der Waals surface area contributed by atoms with Gasteiger partial charge < -0.3 is 10.2 Å². The van der Waals surface area contributed by atoms with E-state index in [0.29, 0.717) is 0 Å². The minimum atomic E-state index is -2.88. The Morgan fingerprint density at radius 2 is 2.20 bits per heavy atom. The monoisotopic (exact) mass is 281 g/mol. The lowest BCUT2D eigenvalue weighted by Crippen LogP contribution is -2.04. The van der Waals surface area contributed by atoms with Crippen molar-refractivity contribution >= 4 is 21.9 Å². The molecule has 0 saturated carbocycles. The van der Waals surface area contributed by atoms with Gasteiger partial charge in [0.05, 0.1) is 17.7 Å². The molecule has 15 heavy (non-hydrogen) atoms. The van der Waals surface area contributed by atoms with E-state index in [1.165, 1.54) is 0 Å². The number of pyridine rings is 1. The molecule has 0 fully saturated rings. The molecule has 0 amide bonds. The molecule has 0 atom stereocenters. The summed E-state index contributed by atoms with van der Waals surface area (Å²) in [6.45, 7) is 0. The molecule has 0 saturated heterocycles. The number of nitrogens with zero attached hydrogens (tertiary/aromatic N) is 1. The SMILES string of the molecule is O=C(O)Cc1cc(C(F)F)c(O)c(Br)n1. The first-order chi connectivity index (χ1) is 6.91. The third-order valence-corrected chi connectivity index (χ3v) is 2.15. The molecule has 0 unspecified atom stereocenters. The standard InChI is InChI=1S/C8H6BrF2NO3/c9-7-6(15)4(8(10)11)1-3(12-7)2-5(13)14/h1,8,15H,2H2,(H,13,14). The van der Waals surface area contributed by atoms with Crippen LogP contribution in [0.5, 0.6) is 5.75 Å². The second kappa shape index (κ2) is 4.52. The summed E-state index contributed by atoms with van der Waals surface area (Å²) in [4.78, 5) is 13.9. The van der Waals surface area contributed by atoms with Crippen molar-refractivity contribution in [3.63, 3.8) is 0 Å². The first-order valence-electron chi connectivity index (χ1n) is 3.80. The van der Waals surface area contributed by atoms with Gasteiger partial charge >= 0.3 is 5.97 Å². The predicted octanol–water partition coefficient (Wildman–Crippen LogP) is 2.11. The average Bonchev–Trinajstić information content (AvgIpc) is 2.09. The largest absolute Gasteiger partial charge is 0.505 e. The molecule has 2 N–H and O–H groups in total. The first kappa shape index (κ1) is 11.8. The molecule has 1 aromatic heterocycles. The number of hydrogen-bond acceptors (Lipinski definition) is 3. The number of hydrogen-bond donors (Lipinski definition) is 2. The summed E-state index contributed by atoms with van der Waals surface area (Å²) in [5.74, 6) is -1.85. The summed E-state index contributed by atoms with van der Waals surface area (Å²) < 4.78 is 24.6. The number of aromatic nitrogens is 1. The molecule has 1 heterocycles. The molecule has 7 heteroatoms. The molecule has 0 bridgehead atoms. The number of rotatable bonds is 3. The maximum absolute atomic E-state index is 12.4. The van der Waals surface area contributed by atoms with Gasteiger partial charge in [0.25, 0.3) is 6.43 Å². The molecule has 0 spiro atoms. The van der Waals surface area contributed by atoms with Crippen molar-refractivity contribution < 1.29 is 23.8 Å². The highest BCUT2D eigenvalue weighted by Gasteiger charge is 2.18. The molecular formula is C8H6BrF2NO3. The highest BCUT2D eigenvalue weighted by molar-refractivity contribution is 9.10. The molecule has 0 aliphatic rings. The van der Waals surface area contributed by atoms with Gasteiger partial charge in [-0.1, -0.05) is 0 Å². The summed E-state index contributed by atoms with van der Waals surface area (Å²) >= 11 is 2.77. The Morgan fingerprint density at radius 3 is 2.67 bits per heavy atom. The number of aliphatic carboxylic acids is 1. The summed E-state index contributed by atoms with van der Waals surface area (Å²) in [5.41, 5.74) is -0.671. The fourth-order valence-electron chi connectivity index (χ4n) is 0.990. The van der Waals surface area contributed by atoms with Crippen LogP contribution in [0.4, 0.5) is 8.78 Å². The zero-order chi connectivity index (χ0) is 11.6. The number of carbonyl (C=O) groups is 1. The van der Waals surface area contributed by atoms with Crippen molar-refractivity contribution in [1.82, 2.24) is 4.98 Å². The summed E-state index contributed by atoms with van der Waals surface area (Å²) in [6, 6.07) is 0.874. The minimum absolute atomic E-state index is 0.0394. The van der Waals surface area contributed by atoms with Crippen molar-refractivity contribution in [2.24, 2.45) is 0 Å². The molecule has 0 radical (unpaired) electrons. The van der Waals surface area contributed by atoms with Crippen LogP contribution >= 0.6 is 15.9 Å². The van der Waals surface area contributed by atoms with Gasteiger partial charge in [0.15, 0.2) is 5.75 Å². The fraction of sp³-hybridized carbons (Fsp3) is 0.250. The molecule has 1 rings (SSSR count). The Morgan fingerprint density at radius 1 is 1.60 bits per heavy atom. The van der Waals surface area contributed by atoms with Crippen LogP contribution in [0.3, 0.4) is 0 Å². The number of alkyl halides is 2. The number of carboxylic acids is 1. The van der Waals surface area contributed by atoms with E-state index in [4.69, 9.17) is 5.11 Å². The lowest BCUT2D eigenvalue weighted by Gasteiger charge is -2.06. The molecular weight excluding hydrogens is 276 g/mol. The van der Waals surface area contributed by atoms with E-state index >= 15 is 0 Å². The molecule has 82 valence electrons. The zero-order valence-corrected chi connectivity index (χ0v) is 8.83. The third-order valence-electron chi connectivity index (χ3n) is 1.60. The van der Waals surface area contributed by atoms with Crippen molar-refractivity contribution in [3.05, 3.63) is 21.9 Å². The van der Waals surface area contributed by atoms with Crippen molar-refractivity contribution in [3.8, 4) is 5.75 Å². The van der Waals surface area contributed by atoms with E-state index in [9.17, 15) is 18.7 Å². The quantitative estimate of drug-likeness (QED) is 0.833. The van der Waals surface area contributed by atoms with Crippen LogP contribution in [-0.2, 0) is 11.2 Å². The van der Waals surface area contributed by atoms with Gasteiger partial charge in [0.1, 0.15) is 4.60 Å². The normalized spacial score (nSPS) is 10.7. The van der Waals surface area contributed by atoms with Crippen LogP contribution in [0, 0.1) is 0 Å². The Balaban J connectivity index is 3.17. The molecule has 0 aromatic carbocycles. The highest BCUT2D eigenvalue weighted by Crippen LogP contribution is 2.33. The van der Waals surface area contributed by atoms with E-state index < -0.39 is 30.1 Å². The van der Waals surface area contributed by atoms with E-state index in [0.717, 1.165) is 6.07 Å². The molecule has 0 aliphatic heterocycles. The van der Waals surface area contributed by atoms with Gasteiger partial charge in [-0.05, 0) is 22.0 Å². The maximum atomic E-state index is 12.4. The van der Waals surface area contributed by atoms with Gasteiger partial charge in [-0.3, -0.25) is 4.79 Å². The molecule has 4 nitrogen and oxygen atoms in total. The topological polar surface area (TPSA) is 70.4 Å². The second-order valence-corrected chi connectivity index (χ2v) is 3.46. The lowest BCUT2D eigenvalue weighted by molar-refractivity contribution is -0.136. The van der Waals surface area contributed by atoms with Gasteiger partial charge in [-0.15, -0.1) is 0 Å².